The number of ether oxygens (including phenoxy) is 6. The predicted molar refractivity (Wildman–Crippen MR) is 171 cm³/mol. The van der Waals surface area contributed by atoms with Gasteiger partial charge in [-0.05, 0) is 41.0 Å². The Morgan fingerprint density at radius 2 is 1.40 bits per heavy atom. The van der Waals surface area contributed by atoms with Gasteiger partial charge in [-0.25, -0.2) is 4.79 Å². The Kier molecular flexibility index (Phi) is 10.7. The molecule has 4 atom stereocenters. The second kappa shape index (κ2) is 15.1. The fourth-order valence-corrected chi connectivity index (χ4v) is 5.78. The number of aromatic nitrogens is 2. The number of H-pyrrole nitrogens is 1. The monoisotopic (exact) mass is 660 g/mol. The zero-order valence-electron chi connectivity index (χ0n) is 26.6. The molecule has 1 aliphatic rings. The number of hydrogen-bond donors (Lipinski definition) is 2. The van der Waals surface area contributed by atoms with E-state index in [0.717, 1.165) is 5.56 Å². The summed E-state index contributed by atoms with van der Waals surface area (Å²) in [5.74, 6) is -0.650. The van der Waals surface area contributed by atoms with Gasteiger partial charge < -0.3 is 33.5 Å². The Hall–Kier alpha value is -5.24. The summed E-state index contributed by atoms with van der Waals surface area (Å²) in [7, 11) is 4.57. The average Bonchev–Trinajstić information content (AvgIpc) is 3.45. The summed E-state index contributed by atoms with van der Waals surface area (Å²) in [4.78, 5) is 50.7. The van der Waals surface area contributed by atoms with Crippen LogP contribution >= 0.6 is 0 Å². The summed E-state index contributed by atoms with van der Waals surface area (Å²) in [5, 5.41) is 9.03. The van der Waals surface area contributed by atoms with E-state index in [1.807, 2.05) is 78.9 Å². The van der Waals surface area contributed by atoms with Gasteiger partial charge in [-0.15, -0.1) is 0 Å². The number of hydrogen-bond acceptors (Lipinski definition) is 10. The van der Waals surface area contributed by atoms with Gasteiger partial charge in [0.15, 0.2) is 6.23 Å². The fourth-order valence-electron chi connectivity index (χ4n) is 5.78. The van der Waals surface area contributed by atoms with Crippen molar-refractivity contribution >= 4 is 11.9 Å². The van der Waals surface area contributed by atoms with Crippen molar-refractivity contribution in [3.05, 3.63) is 129 Å². The van der Waals surface area contributed by atoms with E-state index in [2.05, 4.69) is 4.98 Å². The zero-order chi connectivity index (χ0) is 34.3. The molecule has 0 aliphatic carbocycles. The van der Waals surface area contributed by atoms with Crippen molar-refractivity contribution in [2.24, 2.45) is 0 Å². The molecule has 0 bridgehead atoms. The molecule has 1 fully saturated rings. The van der Waals surface area contributed by atoms with E-state index < -0.39 is 59.7 Å². The molecule has 1 aromatic heterocycles. The lowest BCUT2D eigenvalue weighted by molar-refractivity contribution is -0.156. The van der Waals surface area contributed by atoms with E-state index in [1.165, 1.54) is 23.9 Å². The molecule has 0 radical (unpaired) electrons. The van der Waals surface area contributed by atoms with Gasteiger partial charge in [-0.3, -0.25) is 23.9 Å². The number of rotatable bonds is 14. The first kappa shape index (κ1) is 34.1. The molecule has 252 valence electrons. The number of aliphatic carboxylic acids is 1. The van der Waals surface area contributed by atoms with Crippen LogP contribution in [-0.2, 0) is 34.1 Å². The lowest BCUT2D eigenvalue weighted by Gasteiger charge is -2.40. The highest BCUT2D eigenvalue weighted by Gasteiger charge is 2.52. The van der Waals surface area contributed by atoms with Crippen molar-refractivity contribution < 1.29 is 43.1 Å². The number of benzene rings is 3. The lowest BCUT2D eigenvalue weighted by atomic mass is 9.79. The van der Waals surface area contributed by atoms with Gasteiger partial charge in [0.05, 0.1) is 27.1 Å². The predicted octanol–water partition coefficient (Wildman–Crippen LogP) is 3.25. The maximum Gasteiger partial charge on any atom is 0.330 e. The van der Waals surface area contributed by atoms with E-state index in [1.54, 1.807) is 14.2 Å². The van der Waals surface area contributed by atoms with Crippen LogP contribution in [0.3, 0.4) is 0 Å². The highest BCUT2D eigenvalue weighted by molar-refractivity contribution is 5.76. The second-order valence-corrected chi connectivity index (χ2v) is 10.9. The molecule has 2 N–H and O–H groups in total. The van der Waals surface area contributed by atoms with Gasteiger partial charge in [-0.1, -0.05) is 54.6 Å². The third kappa shape index (κ3) is 7.18. The average molecular weight is 661 g/mol. The van der Waals surface area contributed by atoms with E-state index in [4.69, 9.17) is 33.5 Å². The Bertz CT molecular complexity index is 1760. The largest absolute Gasteiger partial charge is 0.497 e. The molecule has 48 heavy (non-hydrogen) atoms. The quantitative estimate of drug-likeness (QED) is 0.151. The topological polar surface area (TPSA) is 165 Å². The first-order chi connectivity index (χ1) is 23.2. The molecule has 1 saturated heterocycles. The van der Waals surface area contributed by atoms with Gasteiger partial charge >= 0.3 is 17.6 Å². The molecular formula is C35H36N2O11. The van der Waals surface area contributed by atoms with Gasteiger partial charge in [0.25, 0.3) is 5.56 Å². The molecule has 0 spiro atoms. The number of methoxy groups -OCH3 is 3. The van der Waals surface area contributed by atoms with E-state index >= 15 is 0 Å². The van der Waals surface area contributed by atoms with Gasteiger partial charge in [0, 0.05) is 19.4 Å². The Labute approximate surface area is 275 Å². The molecule has 1 aliphatic heterocycles. The number of carbonyl (C=O) groups is 2. The van der Waals surface area contributed by atoms with Crippen LogP contribution in [0.25, 0.3) is 0 Å². The molecule has 0 saturated carbocycles. The molecule has 0 amide bonds. The van der Waals surface area contributed by atoms with Crippen LogP contribution in [0.1, 0.15) is 35.8 Å². The van der Waals surface area contributed by atoms with Gasteiger partial charge in [-0.2, -0.15) is 0 Å². The zero-order valence-corrected chi connectivity index (χ0v) is 26.6. The Balaban J connectivity index is 1.67. The van der Waals surface area contributed by atoms with Crippen molar-refractivity contribution in [2.45, 2.75) is 43.0 Å². The highest BCUT2D eigenvalue weighted by atomic mass is 16.6. The van der Waals surface area contributed by atoms with Crippen molar-refractivity contribution in [2.75, 3.05) is 27.9 Å². The summed E-state index contributed by atoms with van der Waals surface area (Å²) < 4.78 is 37.1. The summed E-state index contributed by atoms with van der Waals surface area (Å²) in [6.07, 6.45) is -3.61. The second-order valence-electron chi connectivity index (χ2n) is 10.9. The minimum absolute atomic E-state index is 0.351. The molecule has 5 rings (SSSR count). The van der Waals surface area contributed by atoms with E-state index in [0.29, 0.717) is 22.6 Å². The number of carboxylic acids is 1. The number of nitrogens with one attached hydrogen (secondary N) is 1. The SMILES string of the molecule is COc1ccc(C(O[C@H]2[C@@H](OC)[C@H](n3ccc(=O)[nH]c3=O)O[C@@H]2COC(=O)CCC(=O)O)(c2ccccc2)c2ccc(OC)cc2)cc1. The standard InChI is InChI=1S/C35H36N2O11/c1-43-25-13-9-23(10-14-25)35(22-7-5-4-6-8-22,24-11-15-26(44-2)16-12-24)48-31-27(21-46-30(41)18-17-29(39)40)47-33(32(31)45-3)37-20-19-28(38)36-34(37)42/h4-16,19-20,27,31-33H,17-18,21H2,1-3H3,(H,39,40)(H,36,38,42)/t27-,31-,32-,33-/m1/s1. The molecule has 13 heteroatoms. The van der Waals surface area contributed by atoms with Crippen LogP contribution in [0, 0.1) is 0 Å². The third-order valence-corrected chi connectivity index (χ3v) is 8.12. The molecule has 0 unspecified atom stereocenters. The summed E-state index contributed by atoms with van der Waals surface area (Å²) in [5.41, 5.74) is -0.542. The first-order valence-corrected chi connectivity index (χ1v) is 15.1. The highest BCUT2D eigenvalue weighted by Crippen LogP contribution is 2.46. The first-order valence-electron chi connectivity index (χ1n) is 15.1. The summed E-state index contributed by atoms with van der Waals surface area (Å²) in [6, 6.07) is 25.4. The fraction of sp³-hybridized carbons (Fsp3) is 0.314. The van der Waals surface area contributed by atoms with E-state index in [9.17, 15) is 19.2 Å². The molecule has 4 aromatic rings. The van der Waals surface area contributed by atoms with Crippen molar-refractivity contribution in [1.82, 2.24) is 9.55 Å². The van der Waals surface area contributed by atoms with Crippen LogP contribution in [0.2, 0.25) is 0 Å². The van der Waals surface area contributed by atoms with Crippen LogP contribution in [0.15, 0.2) is 101 Å². The van der Waals surface area contributed by atoms with Crippen LogP contribution in [0.5, 0.6) is 11.5 Å². The number of carbonyl (C=O) groups excluding carboxylic acids is 1. The normalized spacial score (nSPS) is 19.1. The maximum atomic E-state index is 13.0. The van der Waals surface area contributed by atoms with Gasteiger partial charge in [0.2, 0.25) is 0 Å². The Morgan fingerprint density at radius 1 is 0.812 bits per heavy atom. The smallest absolute Gasteiger partial charge is 0.330 e. The van der Waals surface area contributed by atoms with Gasteiger partial charge in [0.1, 0.15) is 42.0 Å². The van der Waals surface area contributed by atoms with Crippen molar-refractivity contribution in [3.63, 3.8) is 0 Å². The number of carboxylic acid groups (broad SMARTS) is 1. The minimum atomic E-state index is -1.35. The minimum Gasteiger partial charge on any atom is -0.497 e. The van der Waals surface area contributed by atoms with E-state index in [-0.39, 0.29) is 13.0 Å². The maximum absolute atomic E-state index is 13.0. The molecule has 13 nitrogen and oxygen atoms in total. The Morgan fingerprint density at radius 3 is 1.92 bits per heavy atom. The third-order valence-electron chi connectivity index (χ3n) is 8.12. The summed E-state index contributed by atoms with van der Waals surface area (Å²) >= 11 is 0. The molecular weight excluding hydrogens is 624 g/mol. The number of aromatic amines is 1. The number of esters is 1. The lowest BCUT2D eigenvalue weighted by Crippen LogP contribution is -2.46. The molecule has 3 aromatic carbocycles. The molecule has 2 heterocycles. The number of nitrogens with zero attached hydrogens (tertiary/aromatic N) is 1. The van der Waals surface area contributed by atoms with Crippen molar-refractivity contribution in [3.8, 4) is 11.5 Å². The summed E-state index contributed by atoms with van der Waals surface area (Å²) in [6.45, 7) is -0.353. The van der Waals surface area contributed by atoms with Crippen LogP contribution < -0.4 is 20.7 Å². The van der Waals surface area contributed by atoms with Crippen LogP contribution in [-0.4, -0.2) is 72.8 Å². The van der Waals surface area contributed by atoms with Crippen LogP contribution in [0.4, 0.5) is 0 Å². The van der Waals surface area contributed by atoms with Crippen molar-refractivity contribution in [1.29, 1.82) is 0 Å².